The average molecular weight is 753 g/mol. The number of amides is 4. The molecule has 0 radical (unpaired) electrons. The summed E-state index contributed by atoms with van der Waals surface area (Å²) in [5.74, 6) is 1.22. The van der Waals surface area contributed by atoms with Crippen LogP contribution in [-0.4, -0.2) is 93.1 Å². The van der Waals surface area contributed by atoms with Crippen molar-refractivity contribution < 1.29 is 28.7 Å². The fourth-order valence-electron chi connectivity index (χ4n) is 7.61. The molecule has 2 unspecified atom stereocenters. The number of rotatable bonds is 11. The summed E-state index contributed by atoms with van der Waals surface area (Å²) < 4.78 is 9.52. The molecule has 4 aromatic rings. The van der Waals surface area contributed by atoms with E-state index in [1.807, 2.05) is 32.6 Å². The smallest absolute Gasteiger partial charge is 0.407 e. The SMILES string of the molecule is COC(=O)N[C@H](C(=O)N1CCCC1c1ncc(-c2ccc(-c3ccc(-c4cnc(C5C[C@@H](C)CN5C(=O)[C@@H](NC(=O)OC)C(C)C)[nH]4)cc3)cc2)[nH]1)C(C)C. The van der Waals surface area contributed by atoms with Crippen LogP contribution in [0.3, 0.4) is 0 Å². The first-order valence-corrected chi connectivity index (χ1v) is 19.0. The minimum Gasteiger partial charge on any atom is -0.453 e. The Morgan fingerprint density at radius 3 is 1.58 bits per heavy atom. The lowest BCUT2D eigenvalue weighted by Crippen LogP contribution is -2.51. The number of imidazole rings is 2. The van der Waals surface area contributed by atoms with Gasteiger partial charge in [-0.15, -0.1) is 0 Å². The van der Waals surface area contributed by atoms with E-state index in [9.17, 15) is 19.2 Å². The number of benzene rings is 2. The second-order valence-electron chi connectivity index (χ2n) is 15.3. The molecule has 2 aliphatic heterocycles. The van der Waals surface area contributed by atoms with E-state index < -0.39 is 24.3 Å². The van der Waals surface area contributed by atoms with Crippen molar-refractivity contribution in [2.75, 3.05) is 27.3 Å². The zero-order chi connectivity index (χ0) is 39.4. The van der Waals surface area contributed by atoms with Gasteiger partial charge in [-0.25, -0.2) is 19.6 Å². The standard InChI is InChI=1S/C41H52N8O6/c1-23(2)34(46-40(52)54-6)38(50)48-18-8-9-32(48)36-42-20-30(44-36)28-14-10-26(11-15-28)27-12-16-29(17-13-27)31-21-43-37(45-31)33-19-25(5)22-49(33)39(51)35(24(3)4)47-41(53)55-7/h10-17,20-21,23-25,32-35H,8-9,18-19,22H2,1-7H3,(H,42,44)(H,43,45)(H,46,52)(H,47,53)/t25-,32?,33?,34+,35+/m1/s1. The Bertz CT molecular complexity index is 1970. The number of ether oxygens (including phenoxy) is 2. The van der Waals surface area contributed by atoms with Gasteiger partial charge in [0.25, 0.3) is 0 Å². The van der Waals surface area contributed by atoms with Gasteiger partial charge in [0.05, 0.1) is 50.1 Å². The van der Waals surface area contributed by atoms with Gasteiger partial charge in [0, 0.05) is 13.1 Å². The number of likely N-dealkylation sites (tertiary alicyclic amines) is 2. The molecular formula is C41H52N8O6. The molecular weight excluding hydrogens is 701 g/mol. The Labute approximate surface area is 321 Å². The number of hydrogen-bond donors (Lipinski definition) is 4. The van der Waals surface area contributed by atoms with E-state index in [1.54, 1.807) is 17.3 Å². The van der Waals surface area contributed by atoms with Gasteiger partial charge < -0.3 is 39.9 Å². The lowest BCUT2D eigenvalue weighted by Gasteiger charge is -2.30. The zero-order valence-corrected chi connectivity index (χ0v) is 32.6. The molecule has 5 atom stereocenters. The Hall–Kier alpha value is -5.66. The molecule has 6 rings (SSSR count). The van der Waals surface area contributed by atoms with Crippen molar-refractivity contribution in [1.82, 2.24) is 40.4 Å². The summed E-state index contributed by atoms with van der Waals surface area (Å²) in [7, 11) is 2.58. The van der Waals surface area contributed by atoms with Crippen LogP contribution in [0.2, 0.25) is 0 Å². The van der Waals surface area contributed by atoms with Gasteiger partial charge in [-0.05, 0) is 59.3 Å². The number of hydrogen-bond acceptors (Lipinski definition) is 8. The monoisotopic (exact) mass is 752 g/mol. The van der Waals surface area contributed by atoms with Crippen LogP contribution in [0.1, 0.15) is 77.6 Å². The molecule has 14 nitrogen and oxygen atoms in total. The number of methoxy groups -OCH3 is 2. The fourth-order valence-corrected chi connectivity index (χ4v) is 7.61. The minimum absolute atomic E-state index is 0.105. The summed E-state index contributed by atoms with van der Waals surface area (Å²) in [4.78, 5) is 71.0. The molecule has 2 aliphatic rings. The third-order valence-corrected chi connectivity index (χ3v) is 10.7. The van der Waals surface area contributed by atoms with Crippen molar-refractivity contribution in [2.45, 2.75) is 78.0 Å². The predicted octanol–water partition coefficient (Wildman–Crippen LogP) is 6.47. The molecule has 4 N–H and O–H groups in total. The first-order valence-electron chi connectivity index (χ1n) is 19.0. The molecule has 292 valence electrons. The summed E-state index contributed by atoms with van der Waals surface area (Å²) in [6, 6.07) is 14.7. The van der Waals surface area contributed by atoms with E-state index in [0.29, 0.717) is 13.1 Å². The van der Waals surface area contributed by atoms with Gasteiger partial charge in [0.15, 0.2) is 0 Å². The number of nitrogens with one attached hydrogen (secondary N) is 4. The van der Waals surface area contributed by atoms with Crippen LogP contribution in [0, 0.1) is 17.8 Å². The van der Waals surface area contributed by atoms with Gasteiger partial charge in [-0.1, -0.05) is 83.1 Å². The molecule has 0 aliphatic carbocycles. The summed E-state index contributed by atoms with van der Waals surface area (Å²) in [5, 5.41) is 5.40. The number of aromatic amines is 2. The second-order valence-corrected chi connectivity index (χ2v) is 15.3. The highest BCUT2D eigenvalue weighted by atomic mass is 16.5. The zero-order valence-electron chi connectivity index (χ0n) is 32.6. The first kappa shape index (κ1) is 39.0. The normalized spacial score (nSPS) is 19.4. The van der Waals surface area contributed by atoms with E-state index in [-0.39, 0.29) is 41.7 Å². The summed E-state index contributed by atoms with van der Waals surface area (Å²) in [5.41, 5.74) is 5.77. The molecule has 2 aromatic carbocycles. The highest BCUT2D eigenvalue weighted by Crippen LogP contribution is 2.37. The highest BCUT2D eigenvalue weighted by Gasteiger charge is 2.40. The van der Waals surface area contributed by atoms with Gasteiger partial charge >= 0.3 is 12.2 Å². The maximum Gasteiger partial charge on any atom is 0.407 e. The Morgan fingerprint density at radius 2 is 1.13 bits per heavy atom. The van der Waals surface area contributed by atoms with E-state index in [1.165, 1.54) is 14.2 Å². The lowest BCUT2D eigenvalue weighted by molar-refractivity contribution is -0.136. The van der Waals surface area contributed by atoms with E-state index in [4.69, 9.17) is 14.5 Å². The van der Waals surface area contributed by atoms with Crippen LogP contribution < -0.4 is 10.6 Å². The Morgan fingerprint density at radius 1 is 0.691 bits per heavy atom. The maximum absolute atomic E-state index is 13.7. The summed E-state index contributed by atoms with van der Waals surface area (Å²) in [6.45, 7) is 10.9. The van der Waals surface area contributed by atoms with Crippen molar-refractivity contribution >= 4 is 24.0 Å². The average Bonchev–Trinajstić information content (AvgIpc) is 4.02. The van der Waals surface area contributed by atoms with Crippen LogP contribution in [-0.2, 0) is 19.1 Å². The molecule has 2 fully saturated rings. The van der Waals surface area contributed by atoms with Crippen molar-refractivity contribution in [3.05, 3.63) is 72.6 Å². The molecule has 0 bridgehead atoms. The summed E-state index contributed by atoms with van der Waals surface area (Å²) in [6.07, 6.45) is 4.75. The summed E-state index contributed by atoms with van der Waals surface area (Å²) >= 11 is 0. The first-order chi connectivity index (χ1) is 26.4. The van der Waals surface area contributed by atoms with Gasteiger partial charge in [0.1, 0.15) is 23.7 Å². The van der Waals surface area contributed by atoms with E-state index >= 15 is 0 Å². The Kier molecular flexibility index (Phi) is 11.9. The van der Waals surface area contributed by atoms with E-state index in [2.05, 4.69) is 81.0 Å². The fraction of sp³-hybridized carbons (Fsp3) is 0.463. The molecule has 4 heterocycles. The molecule has 55 heavy (non-hydrogen) atoms. The predicted molar refractivity (Wildman–Crippen MR) is 207 cm³/mol. The van der Waals surface area contributed by atoms with Crippen molar-refractivity contribution in [1.29, 1.82) is 0 Å². The van der Waals surface area contributed by atoms with Crippen LogP contribution in [0.5, 0.6) is 0 Å². The second kappa shape index (κ2) is 16.8. The van der Waals surface area contributed by atoms with E-state index in [0.717, 1.165) is 64.6 Å². The molecule has 2 aromatic heterocycles. The number of nitrogens with zero attached hydrogens (tertiary/aromatic N) is 4. The minimum atomic E-state index is -0.699. The molecule has 4 amide bonds. The largest absolute Gasteiger partial charge is 0.453 e. The number of carbonyl (C=O) groups is 4. The third-order valence-electron chi connectivity index (χ3n) is 10.7. The van der Waals surface area contributed by atoms with Crippen LogP contribution in [0.25, 0.3) is 33.6 Å². The number of H-pyrrole nitrogens is 2. The number of aromatic nitrogens is 4. The van der Waals surface area contributed by atoms with Crippen molar-refractivity contribution in [3.63, 3.8) is 0 Å². The maximum atomic E-state index is 13.7. The topological polar surface area (TPSA) is 175 Å². The molecule has 14 heteroatoms. The number of carbonyl (C=O) groups excluding carboxylic acids is 4. The third kappa shape index (κ3) is 8.53. The van der Waals surface area contributed by atoms with Crippen LogP contribution >= 0.6 is 0 Å². The molecule has 2 saturated heterocycles. The molecule has 0 saturated carbocycles. The number of alkyl carbamates (subject to hydrolysis) is 2. The van der Waals surface area contributed by atoms with Gasteiger partial charge in [-0.3, -0.25) is 9.59 Å². The van der Waals surface area contributed by atoms with Crippen molar-refractivity contribution in [3.8, 4) is 33.6 Å². The van der Waals surface area contributed by atoms with Crippen LogP contribution in [0.15, 0.2) is 60.9 Å². The Balaban J connectivity index is 1.12. The quantitative estimate of drug-likeness (QED) is 0.135. The molecule has 0 spiro atoms. The van der Waals surface area contributed by atoms with Gasteiger partial charge in [-0.2, -0.15) is 0 Å². The lowest BCUT2D eigenvalue weighted by atomic mass is 10.0. The highest BCUT2D eigenvalue weighted by molar-refractivity contribution is 5.87. The van der Waals surface area contributed by atoms with Crippen LogP contribution in [0.4, 0.5) is 9.59 Å². The van der Waals surface area contributed by atoms with Crippen molar-refractivity contribution in [2.24, 2.45) is 17.8 Å². The van der Waals surface area contributed by atoms with Gasteiger partial charge in [0.2, 0.25) is 11.8 Å².